The van der Waals surface area contributed by atoms with Crippen LogP contribution in [0.2, 0.25) is 0 Å². The maximum Gasteiger partial charge on any atom is 0.243 e. The molecule has 1 aromatic rings. The Morgan fingerprint density at radius 1 is 1.05 bits per heavy atom. The van der Waals surface area contributed by atoms with Crippen molar-refractivity contribution in [2.24, 2.45) is 5.92 Å². The van der Waals surface area contributed by atoms with Gasteiger partial charge in [-0.2, -0.15) is 4.31 Å². The Kier molecular flexibility index (Phi) is 3.65. The van der Waals surface area contributed by atoms with Crippen LogP contribution in [0.4, 0.5) is 11.4 Å². The molecule has 2 amide bonds. The van der Waals surface area contributed by atoms with E-state index in [1.54, 1.807) is 0 Å². The molecular formula is C14H17N3O4S. The van der Waals surface area contributed by atoms with E-state index < -0.39 is 27.8 Å². The summed E-state index contributed by atoms with van der Waals surface area (Å²) in [5.41, 5.74) is 0.714. The molecule has 0 radical (unpaired) electrons. The van der Waals surface area contributed by atoms with Crippen molar-refractivity contribution in [2.75, 3.05) is 23.7 Å². The molecule has 2 aliphatic heterocycles. The first-order valence-corrected chi connectivity index (χ1v) is 8.59. The van der Waals surface area contributed by atoms with Crippen LogP contribution in [0, 0.1) is 5.92 Å². The van der Waals surface area contributed by atoms with Gasteiger partial charge in [0.05, 0.1) is 16.3 Å². The summed E-state index contributed by atoms with van der Waals surface area (Å²) < 4.78 is 26.5. The molecule has 2 aliphatic rings. The third kappa shape index (κ3) is 2.48. The normalized spacial score (nSPS) is 22.7. The first-order valence-electron chi connectivity index (χ1n) is 7.15. The van der Waals surface area contributed by atoms with Crippen molar-refractivity contribution in [3.8, 4) is 0 Å². The van der Waals surface area contributed by atoms with Gasteiger partial charge in [-0.1, -0.05) is 0 Å². The third-order valence-electron chi connectivity index (χ3n) is 4.00. The molecule has 2 N–H and O–H groups in total. The summed E-state index contributed by atoms with van der Waals surface area (Å²) >= 11 is 0. The molecular weight excluding hydrogens is 306 g/mol. The van der Waals surface area contributed by atoms with Crippen LogP contribution in [-0.4, -0.2) is 37.6 Å². The second kappa shape index (κ2) is 5.36. The molecule has 7 nitrogen and oxygen atoms in total. The molecule has 22 heavy (non-hydrogen) atoms. The van der Waals surface area contributed by atoms with E-state index in [1.165, 1.54) is 29.4 Å². The Labute approximate surface area is 128 Å². The van der Waals surface area contributed by atoms with Gasteiger partial charge in [0.25, 0.3) is 0 Å². The Morgan fingerprint density at radius 2 is 1.64 bits per heavy atom. The highest BCUT2D eigenvalue weighted by Crippen LogP contribution is 2.30. The van der Waals surface area contributed by atoms with Gasteiger partial charge in [-0.15, -0.1) is 0 Å². The zero-order valence-corrected chi connectivity index (χ0v) is 12.9. The largest absolute Gasteiger partial charge is 0.324 e. The number of carbonyl (C=O) groups is 2. The number of nitrogens with one attached hydrogen (secondary N) is 2. The average molecular weight is 323 g/mol. The summed E-state index contributed by atoms with van der Waals surface area (Å²) in [5.74, 6) is -1.69. The number of carbonyl (C=O) groups excluding carboxylic acids is 2. The summed E-state index contributed by atoms with van der Waals surface area (Å²) in [6.45, 7) is 2.53. The molecule has 0 aliphatic carbocycles. The van der Waals surface area contributed by atoms with Crippen molar-refractivity contribution in [3.63, 3.8) is 0 Å². The smallest absolute Gasteiger partial charge is 0.243 e. The Morgan fingerprint density at radius 3 is 2.27 bits per heavy atom. The van der Waals surface area contributed by atoms with E-state index in [2.05, 4.69) is 10.6 Å². The standard InChI is InChI=1S/C14H17N3O4S/c1-9-13(18)15-11-5-4-10(8-12(11)16-14(9)19)22(20,21)17-6-2-3-7-17/h4-5,8-9H,2-3,6-7H2,1H3,(H,15,18)(H,16,19). The molecule has 0 saturated carbocycles. The predicted octanol–water partition coefficient (Wildman–Crippen LogP) is 0.998. The van der Waals surface area contributed by atoms with Crippen LogP contribution in [0.25, 0.3) is 0 Å². The predicted molar refractivity (Wildman–Crippen MR) is 80.9 cm³/mol. The number of fused-ring (bicyclic) bond motifs is 1. The minimum absolute atomic E-state index is 0.122. The molecule has 3 rings (SSSR count). The number of nitrogens with zero attached hydrogens (tertiary/aromatic N) is 1. The van der Waals surface area contributed by atoms with Crippen molar-refractivity contribution in [1.82, 2.24) is 4.31 Å². The first kappa shape index (κ1) is 15.0. The molecule has 1 atom stereocenters. The Hall–Kier alpha value is -1.93. The van der Waals surface area contributed by atoms with Crippen LogP contribution in [0.3, 0.4) is 0 Å². The van der Waals surface area contributed by atoms with Crippen LogP contribution in [-0.2, 0) is 19.6 Å². The molecule has 2 heterocycles. The number of sulfonamides is 1. The minimum Gasteiger partial charge on any atom is -0.324 e. The minimum atomic E-state index is -3.56. The van der Waals surface area contributed by atoms with E-state index in [-0.39, 0.29) is 4.90 Å². The number of hydrogen-bond donors (Lipinski definition) is 2. The van der Waals surface area contributed by atoms with Crippen molar-refractivity contribution >= 4 is 33.2 Å². The van der Waals surface area contributed by atoms with Crippen LogP contribution >= 0.6 is 0 Å². The SMILES string of the molecule is CC1C(=O)Nc2ccc(S(=O)(=O)N3CCCC3)cc2NC1=O. The summed E-state index contributed by atoms with van der Waals surface area (Å²) in [7, 11) is -3.56. The molecule has 118 valence electrons. The lowest BCUT2D eigenvalue weighted by atomic mass is 10.1. The lowest BCUT2D eigenvalue weighted by Gasteiger charge is -2.17. The lowest BCUT2D eigenvalue weighted by Crippen LogP contribution is -2.28. The fraction of sp³-hybridized carbons (Fsp3) is 0.429. The number of hydrogen-bond acceptors (Lipinski definition) is 4. The van der Waals surface area contributed by atoms with Gasteiger partial charge in [0, 0.05) is 13.1 Å². The highest BCUT2D eigenvalue weighted by Gasteiger charge is 2.30. The summed E-state index contributed by atoms with van der Waals surface area (Å²) in [5, 5.41) is 5.22. The van der Waals surface area contributed by atoms with Crippen molar-refractivity contribution in [2.45, 2.75) is 24.7 Å². The fourth-order valence-corrected chi connectivity index (χ4v) is 4.12. The van der Waals surface area contributed by atoms with Gasteiger partial charge >= 0.3 is 0 Å². The van der Waals surface area contributed by atoms with E-state index in [4.69, 9.17) is 0 Å². The van der Waals surface area contributed by atoms with Gasteiger partial charge in [0.1, 0.15) is 5.92 Å². The number of rotatable bonds is 2. The van der Waals surface area contributed by atoms with E-state index in [1.807, 2.05) is 0 Å². The van der Waals surface area contributed by atoms with Crippen LogP contribution < -0.4 is 10.6 Å². The quantitative estimate of drug-likeness (QED) is 0.794. The second-order valence-corrected chi connectivity index (χ2v) is 7.46. The average Bonchev–Trinajstić information content (AvgIpc) is 2.99. The molecule has 0 aromatic heterocycles. The van der Waals surface area contributed by atoms with Gasteiger partial charge < -0.3 is 10.6 Å². The molecule has 8 heteroatoms. The maximum atomic E-state index is 12.5. The molecule has 0 spiro atoms. The van der Waals surface area contributed by atoms with E-state index in [0.717, 1.165) is 12.8 Å². The number of amides is 2. The molecule has 1 aromatic carbocycles. The third-order valence-corrected chi connectivity index (χ3v) is 5.89. The highest BCUT2D eigenvalue weighted by molar-refractivity contribution is 7.89. The van der Waals surface area contributed by atoms with Crippen LogP contribution in [0.15, 0.2) is 23.1 Å². The van der Waals surface area contributed by atoms with Crippen molar-refractivity contribution in [3.05, 3.63) is 18.2 Å². The van der Waals surface area contributed by atoms with Gasteiger partial charge in [0.15, 0.2) is 0 Å². The highest BCUT2D eigenvalue weighted by atomic mass is 32.2. The fourth-order valence-electron chi connectivity index (χ4n) is 2.57. The molecule has 1 saturated heterocycles. The summed E-state index contributed by atoms with van der Waals surface area (Å²) in [4.78, 5) is 23.8. The van der Waals surface area contributed by atoms with Gasteiger partial charge in [-0.3, -0.25) is 9.59 Å². The van der Waals surface area contributed by atoms with Gasteiger partial charge in [-0.25, -0.2) is 8.42 Å². The monoisotopic (exact) mass is 323 g/mol. The zero-order chi connectivity index (χ0) is 15.9. The van der Waals surface area contributed by atoms with Gasteiger partial charge in [0.2, 0.25) is 21.8 Å². The Bertz CT molecular complexity index is 738. The number of anilines is 2. The summed E-state index contributed by atoms with van der Waals surface area (Å²) in [6.07, 6.45) is 1.71. The van der Waals surface area contributed by atoms with Crippen molar-refractivity contribution in [1.29, 1.82) is 0 Å². The van der Waals surface area contributed by atoms with E-state index in [9.17, 15) is 18.0 Å². The lowest BCUT2D eigenvalue weighted by molar-refractivity contribution is -0.128. The molecule has 1 unspecified atom stereocenters. The van der Waals surface area contributed by atoms with Gasteiger partial charge in [-0.05, 0) is 38.0 Å². The first-order chi connectivity index (χ1) is 10.4. The van der Waals surface area contributed by atoms with E-state index >= 15 is 0 Å². The van der Waals surface area contributed by atoms with Crippen molar-refractivity contribution < 1.29 is 18.0 Å². The number of benzene rings is 1. The molecule has 0 bridgehead atoms. The van der Waals surface area contributed by atoms with E-state index in [0.29, 0.717) is 24.5 Å². The molecule has 1 fully saturated rings. The second-order valence-electron chi connectivity index (χ2n) is 5.52. The zero-order valence-electron chi connectivity index (χ0n) is 12.1. The maximum absolute atomic E-state index is 12.5. The van der Waals surface area contributed by atoms with Crippen LogP contribution in [0.5, 0.6) is 0 Å². The van der Waals surface area contributed by atoms with Crippen LogP contribution in [0.1, 0.15) is 19.8 Å². The Balaban J connectivity index is 1.99. The topological polar surface area (TPSA) is 95.6 Å². The summed E-state index contributed by atoms with van der Waals surface area (Å²) in [6, 6.07) is 4.36.